The first kappa shape index (κ1) is 17.4. The summed E-state index contributed by atoms with van der Waals surface area (Å²) in [6.07, 6.45) is 2.14. The summed E-state index contributed by atoms with van der Waals surface area (Å²) in [7, 11) is 1.90. The Kier molecular flexibility index (Phi) is 5.33. The molecule has 7 heteroatoms. The molecule has 2 aromatic heterocycles. The first-order chi connectivity index (χ1) is 12.1. The van der Waals surface area contributed by atoms with Gasteiger partial charge in [0.2, 0.25) is 5.91 Å². The van der Waals surface area contributed by atoms with Crippen LogP contribution in [0.5, 0.6) is 0 Å². The zero-order chi connectivity index (χ0) is 17.8. The van der Waals surface area contributed by atoms with Crippen LogP contribution in [-0.4, -0.2) is 47.0 Å². The summed E-state index contributed by atoms with van der Waals surface area (Å²) in [6.45, 7) is 7.47. The van der Waals surface area contributed by atoms with Crippen LogP contribution in [0.4, 0.5) is 5.82 Å². The highest BCUT2D eigenvalue weighted by molar-refractivity contribution is 5.79. The van der Waals surface area contributed by atoms with Gasteiger partial charge in [-0.2, -0.15) is 5.10 Å². The first-order valence-corrected chi connectivity index (χ1v) is 8.58. The van der Waals surface area contributed by atoms with Crippen LogP contribution in [-0.2, 0) is 29.5 Å². The number of anilines is 1. The van der Waals surface area contributed by atoms with E-state index in [0.717, 1.165) is 41.4 Å². The second kappa shape index (κ2) is 7.65. The van der Waals surface area contributed by atoms with Gasteiger partial charge in [0.25, 0.3) is 0 Å². The lowest BCUT2D eigenvalue weighted by atomic mass is 10.1. The van der Waals surface area contributed by atoms with Crippen LogP contribution in [0.1, 0.15) is 22.5 Å². The molecule has 0 spiro atoms. The minimum atomic E-state index is -0.00372. The Morgan fingerprint density at radius 3 is 2.76 bits per heavy atom. The summed E-state index contributed by atoms with van der Waals surface area (Å²) in [5, 5.41) is 7.38. The fourth-order valence-electron chi connectivity index (χ4n) is 3.12. The second-order valence-corrected chi connectivity index (χ2v) is 6.31. The van der Waals surface area contributed by atoms with Crippen molar-refractivity contribution in [2.24, 2.45) is 7.05 Å². The van der Waals surface area contributed by atoms with Gasteiger partial charge in [-0.05, 0) is 19.9 Å². The molecule has 1 fully saturated rings. The number of pyridine rings is 1. The standard InChI is InChI=1S/C18H25N5O2/c1-13-16(14(2)22(3)21-13)11-17(24)20-12-15-5-4-6-19-18(15)23-7-9-25-10-8-23/h4-6H,7-12H2,1-3H3,(H,20,24). The summed E-state index contributed by atoms with van der Waals surface area (Å²) in [6, 6.07) is 3.92. The van der Waals surface area contributed by atoms with Crippen LogP contribution in [0, 0.1) is 13.8 Å². The number of carbonyl (C=O) groups is 1. The van der Waals surface area contributed by atoms with Gasteiger partial charge in [-0.25, -0.2) is 4.98 Å². The van der Waals surface area contributed by atoms with Gasteiger partial charge in [0.15, 0.2) is 0 Å². The van der Waals surface area contributed by atoms with E-state index in [1.54, 1.807) is 6.20 Å². The van der Waals surface area contributed by atoms with E-state index in [1.165, 1.54) is 0 Å². The topological polar surface area (TPSA) is 72.3 Å². The molecular weight excluding hydrogens is 318 g/mol. The molecule has 0 aromatic carbocycles. The Morgan fingerprint density at radius 2 is 2.08 bits per heavy atom. The van der Waals surface area contributed by atoms with Crippen molar-refractivity contribution in [3.05, 3.63) is 40.8 Å². The van der Waals surface area contributed by atoms with Crippen LogP contribution in [0.3, 0.4) is 0 Å². The zero-order valence-electron chi connectivity index (χ0n) is 15.1. The molecule has 7 nitrogen and oxygen atoms in total. The zero-order valence-corrected chi connectivity index (χ0v) is 15.1. The molecule has 2 aromatic rings. The van der Waals surface area contributed by atoms with Crippen molar-refractivity contribution in [3.63, 3.8) is 0 Å². The number of morpholine rings is 1. The fraction of sp³-hybridized carbons (Fsp3) is 0.500. The van der Waals surface area contributed by atoms with Crippen molar-refractivity contribution in [1.29, 1.82) is 0 Å². The number of hydrogen-bond donors (Lipinski definition) is 1. The van der Waals surface area contributed by atoms with E-state index in [0.29, 0.717) is 26.2 Å². The van der Waals surface area contributed by atoms with Gasteiger partial charge in [-0.15, -0.1) is 0 Å². The Morgan fingerprint density at radius 1 is 1.32 bits per heavy atom. The predicted molar refractivity (Wildman–Crippen MR) is 95.5 cm³/mol. The van der Waals surface area contributed by atoms with Crippen molar-refractivity contribution in [2.45, 2.75) is 26.8 Å². The number of hydrogen-bond acceptors (Lipinski definition) is 5. The van der Waals surface area contributed by atoms with Crippen molar-refractivity contribution >= 4 is 11.7 Å². The van der Waals surface area contributed by atoms with E-state index in [9.17, 15) is 4.79 Å². The van der Waals surface area contributed by atoms with E-state index in [-0.39, 0.29) is 5.91 Å². The first-order valence-electron chi connectivity index (χ1n) is 8.58. The van der Waals surface area contributed by atoms with Gasteiger partial charge in [0.05, 0.1) is 25.3 Å². The number of carbonyl (C=O) groups excluding carboxylic acids is 1. The molecule has 0 radical (unpaired) electrons. The van der Waals surface area contributed by atoms with Gasteiger partial charge in [0.1, 0.15) is 5.82 Å². The van der Waals surface area contributed by atoms with Crippen LogP contribution >= 0.6 is 0 Å². The normalized spacial score (nSPS) is 14.6. The molecular formula is C18H25N5O2. The number of nitrogens with one attached hydrogen (secondary N) is 1. The molecule has 1 aliphatic rings. The third-order valence-electron chi connectivity index (χ3n) is 4.65. The van der Waals surface area contributed by atoms with Crippen molar-refractivity contribution in [2.75, 3.05) is 31.2 Å². The van der Waals surface area contributed by atoms with Crippen molar-refractivity contribution < 1.29 is 9.53 Å². The number of ether oxygens (including phenoxy) is 1. The molecule has 0 aliphatic carbocycles. The van der Waals surface area contributed by atoms with E-state index in [1.807, 2.05) is 37.7 Å². The maximum absolute atomic E-state index is 12.4. The molecule has 1 N–H and O–H groups in total. The molecule has 0 bridgehead atoms. The molecule has 1 amide bonds. The largest absolute Gasteiger partial charge is 0.378 e. The minimum absolute atomic E-state index is 0.00372. The number of aromatic nitrogens is 3. The minimum Gasteiger partial charge on any atom is -0.378 e. The lowest BCUT2D eigenvalue weighted by molar-refractivity contribution is -0.120. The Bertz CT molecular complexity index is 750. The highest BCUT2D eigenvalue weighted by Crippen LogP contribution is 2.18. The molecule has 0 saturated carbocycles. The quantitative estimate of drug-likeness (QED) is 0.881. The third-order valence-corrected chi connectivity index (χ3v) is 4.65. The van der Waals surface area contributed by atoms with Gasteiger partial charge in [0, 0.05) is 49.7 Å². The molecule has 0 atom stereocenters. The SMILES string of the molecule is Cc1nn(C)c(C)c1CC(=O)NCc1cccnc1N1CCOCC1. The summed E-state index contributed by atoms with van der Waals surface area (Å²) < 4.78 is 7.22. The van der Waals surface area contributed by atoms with Crippen molar-refractivity contribution in [3.8, 4) is 0 Å². The maximum Gasteiger partial charge on any atom is 0.224 e. The average molecular weight is 343 g/mol. The summed E-state index contributed by atoms with van der Waals surface area (Å²) >= 11 is 0. The number of rotatable bonds is 5. The Hall–Kier alpha value is -2.41. The average Bonchev–Trinajstić information content (AvgIpc) is 2.87. The highest BCUT2D eigenvalue weighted by Gasteiger charge is 2.17. The van der Waals surface area contributed by atoms with E-state index < -0.39 is 0 Å². The fourth-order valence-corrected chi connectivity index (χ4v) is 3.12. The molecule has 1 saturated heterocycles. The van der Waals surface area contributed by atoms with Crippen LogP contribution in [0.25, 0.3) is 0 Å². The molecule has 3 heterocycles. The van der Waals surface area contributed by atoms with E-state index in [4.69, 9.17) is 4.74 Å². The summed E-state index contributed by atoms with van der Waals surface area (Å²) in [5.74, 6) is 0.927. The molecule has 25 heavy (non-hydrogen) atoms. The molecule has 0 unspecified atom stereocenters. The lowest BCUT2D eigenvalue weighted by Gasteiger charge is -2.29. The number of nitrogens with zero attached hydrogens (tertiary/aromatic N) is 4. The van der Waals surface area contributed by atoms with Crippen LogP contribution in [0.2, 0.25) is 0 Å². The van der Waals surface area contributed by atoms with Crippen LogP contribution in [0.15, 0.2) is 18.3 Å². The van der Waals surface area contributed by atoms with Gasteiger partial charge in [-0.3, -0.25) is 9.48 Å². The van der Waals surface area contributed by atoms with E-state index >= 15 is 0 Å². The molecule has 134 valence electrons. The third kappa shape index (κ3) is 3.99. The highest BCUT2D eigenvalue weighted by atomic mass is 16.5. The summed E-state index contributed by atoms with van der Waals surface area (Å²) in [4.78, 5) is 19.1. The summed E-state index contributed by atoms with van der Waals surface area (Å²) in [5.41, 5.74) is 3.96. The van der Waals surface area contributed by atoms with Gasteiger partial charge < -0.3 is 15.0 Å². The lowest BCUT2D eigenvalue weighted by Crippen LogP contribution is -2.38. The maximum atomic E-state index is 12.4. The Labute approximate surface area is 148 Å². The van der Waals surface area contributed by atoms with Crippen molar-refractivity contribution in [1.82, 2.24) is 20.1 Å². The number of amides is 1. The second-order valence-electron chi connectivity index (χ2n) is 6.31. The molecule has 1 aliphatic heterocycles. The smallest absolute Gasteiger partial charge is 0.224 e. The van der Waals surface area contributed by atoms with Gasteiger partial charge >= 0.3 is 0 Å². The van der Waals surface area contributed by atoms with Gasteiger partial charge in [-0.1, -0.05) is 6.07 Å². The van der Waals surface area contributed by atoms with Crippen LogP contribution < -0.4 is 10.2 Å². The monoisotopic (exact) mass is 343 g/mol. The Balaban J connectivity index is 1.64. The predicted octanol–water partition coefficient (Wildman–Crippen LogP) is 1.13. The molecule has 3 rings (SSSR count). The number of aryl methyl sites for hydroxylation is 2. The van der Waals surface area contributed by atoms with E-state index in [2.05, 4.69) is 20.3 Å².